The fourth-order valence-corrected chi connectivity index (χ4v) is 7.40. The van der Waals surface area contributed by atoms with E-state index in [1.165, 1.54) is 22.2 Å². The Hall–Kier alpha value is -2.22. The summed E-state index contributed by atoms with van der Waals surface area (Å²) in [4.78, 5) is 34.1. The molecule has 0 saturated heterocycles. The average molecular weight is 582 g/mol. The van der Waals surface area contributed by atoms with E-state index in [-0.39, 0.29) is 22.5 Å². The van der Waals surface area contributed by atoms with Gasteiger partial charge in [0.25, 0.3) is 5.56 Å². The molecule has 5 rings (SSSR count). The number of thioether (sulfide) groups is 1. The molecule has 0 spiro atoms. The SMILES string of the molecule is Cc1cccc(-n2c(SCC(=O)c3ccc(Br)cc3)nc3sc4c(c3c2=O)CCC(C(C)(C)C)C4)c1. The number of aryl methyl sites for hydroxylation is 2. The Labute approximate surface area is 228 Å². The van der Waals surface area contributed by atoms with Gasteiger partial charge in [0, 0.05) is 14.9 Å². The van der Waals surface area contributed by atoms with Crippen LogP contribution in [0.25, 0.3) is 15.9 Å². The van der Waals surface area contributed by atoms with E-state index >= 15 is 0 Å². The molecule has 1 aliphatic carbocycles. The molecule has 2 aromatic heterocycles. The Morgan fingerprint density at radius 3 is 2.64 bits per heavy atom. The number of carbonyl (C=O) groups excluding carboxylic acids is 1. The number of fused-ring (bicyclic) bond motifs is 3. The van der Waals surface area contributed by atoms with Gasteiger partial charge in [-0.2, -0.15) is 0 Å². The predicted octanol–water partition coefficient (Wildman–Crippen LogP) is 7.64. The normalized spacial score (nSPS) is 15.8. The number of Topliss-reactive ketones (excluding diaryl/α,β-unsaturated/α-hetero) is 1. The molecule has 4 nitrogen and oxygen atoms in total. The minimum atomic E-state index is -0.0316. The molecule has 0 fully saturated rings. The van der Waals surface area contributed by atoms with Crippen molar-refractivity contribution in [3.63, 3.8) is 0 Å². The highest BCUT2D eigenvalue weighted by Gasteiger charge is 2.32. The van der Waals surface area contributed by atoms with Crippen LogP contribution < -0.4 is 5.56 Å². The highest BCUT2D eigenvalue weighted by molar-refractivity contribution is 9.10. The van der Waals surface area contributed by atoms with E-state index in [4.69, 9.17) is 4.98 Å². The summed E-state index contributed by atoms with van der Waals surface area (Å²) in [5.41, 5.74) is 3.89. The lowest BCUT2D eigenvalue weighted by Crippen LogP contribution is -2.27. The Morgan fingerprint density at radius 1 is 1.19 bits per heavy atom. The third-order valence-corrected chi connectivity index (χ3v) is 9.65. The molecule has 0 radical (unpaired) electrons. The Morgan fingerprint density at radius 2 is 1.94 bits per heavy atom. The highest BCUT2D eigenvalue weighted by Crippen LogP contribution is 2.42. The molecule has 1 atom stereocenters. The number of carbonyl (C=O) groups is 1. The number of halogens is 1. The van der Waals surface area contributed by atoms with Crippen molar-refractivity contribution in [3.8, 4) is 5.69 Å². The first-order valence-electron chi connectivity index (χ1n) is 12.2. The lowest BCUT2D eigenvalue weighted by Gasteiger charge is -2.33. The lowest BCUT2D eigenvalue weighted by molar-refractivity contribution is 0.102. The van der Waals surface area contributed by atoms with Crippen molar-refractivity contribution in [3.05, 3.63) is 84.9 Å². The van der Waals surface area contributed by atoms with Gasteiger partial charge in [-0.1, -0.05) is 72.7 Å². The second-order valence-corrected chi connectivity index (χ2v) is 13.5. The van der Waals surface area contributed by atoms with Gasteiger partial charge in [0.15, 0.2) is 10.9 Å². The van der Waals surface area contributed by atoms with E-state index in [9.17, 15) is 9.59 Å². The summed E-state index contributed by atoms with van der Waals surface area (Å²) in [7, 11) is 0. The third-order valence-electron chi connectivity index (χ3n) is 7.04. The van der Waals surface area contributed by atoms with Crippen molar-refractivity contribution in [1.29, 1.82) is 0 Å². The maximum absolute atomic E-state index is 14.1. The molecule has 4 aromatic rings. The molecule has 7 heteroatoms. The monoisotopic (exact) mass is 580 g/mol. The number of thiophene rings is 1. The number of ketones is 1. The van der Waals surface area contributed by atoms with Gasteiger partial charge in [0.05, 0.1) is 16.8 Å². The molecule has 1 unspecified atom stereocenters. The van der Waals surface area contributed by atoms with Crippen LogP contribution in [0.5, 0.6) is 0 Å². The molecule has 0 bridgehead atoms. The van der Waals surface area contributed by atoms with Gasteiger partial charge in [-0.25, -0.2) is 4.98 Å². The average Bonchev–Trinajstić information content (AvgIpc) is 3.20. The molecule has 2 heterocycles. The second-order valence-electron chi connectivity index (χ2n) is 10.6. The van der Waals surface area contributed by atoms with Crippen LogP contribution in [0, 0.1) is 18.3 Å². The smallest absolute Gasteiger partial charge is 0.267 e. The number of hydrogen-bond donors (Lipinski definition) is 0. The first-order valence-corrected chi connectivity index (χ1v) is 14.8. The number of hydrogen-bond acceptors (Lipinski definition) is 5. The van der Waals surface area contributed by atoms with Gasteiger partial charge in [-0.15, -0.1) is 11.3 Å². The minimum absolute atomic E-state index is 0.0103. The van der Waals surface area contributed by atoms with Crippen molar-refractivity contribution < 1.29 is 4.79 Å². The quantitative estimate of drug-likeness (QED) is 0.138. The van der Waals surface area contributed by atoms with Crippen LogP contribution >= 0.6 is 39.0 Å². The molecule has 0 saturated carbocycles. The second kappa shape index (κ2) is 9.92. The highest BCUT2D eigenvalue weighted by atomic mass is 79.9. The van der Waals surface area contributed by atoms with E-state index in [2.05, 4.69) is 36.7 Å². The van der Waals surface area contributed by atoms with Crippen molar-refractivity contribution in [2.24, 2.45) is 11.3 Å². The lowest BCUT2D eigenvalue weighted by atomic mass is 9.72. The minimum Gasteiger partial charge on any atom is -0.293 e. The molecule has 1 aliphatic rings. The van der Waals surface area contributed by atoms with Crippen LogP contribution in [-0.2, 0) is 12.8 Å². The van der Waals surface area contributed by atoms with Crippen molar-refractivity contribution in [2.75, 3.05) is 5.75 Å². The molecule has 36 heavy (non-hydrogen) atoms. The number of rotatable bonds is 5. The zero-order chi connectivity index (χ0) is 25.6. The summed E-state index contributed by atoms with van der Waals surface area (Å²) in [6.45, 7) is 8.92. The van der Waals surface area contributed by atoms with Crippen LogP contribution in [0.3, 0.4) is 0 Å². The molecule has 186 valence electrons. The van der Waals surface area contributed by atoms with Crippen molar-refractivity contribution in [2.45, 2.75) is 52.1 Å². The van der Waals surface area contributed by atoms with Gasteiger partial charge in [0.2, 0.25) is 0 Å². The molecular weight excluding hydrogens is 552 g/mol. The number of nitrogens with zero attached hydrogens (tertiary/aromatic N) is 2. The first kappa shape index (κ1) is 25.4. The number of benzene rings is 2. The van der Waals surface area contributed by atoms with Gasteiger partial charge < -0.3 is 0 Å². The van der Waals surface area contributed by atoms with Crippen molar-refractivity contribution >= 4 is 55.0 Å². The summed E-state index contributed by atoms with van der Waals surface area (Å²) in [5, 5.41) is 1.32. The van der Waals surface area contributed by atoms with Crippen molar-refractivity contribution in [1.82, 2.24) is 9.55 Å². The summed E-state index contributed by atoms with van der Waals surface area (Å²) in [5.74, 6) is 0.813. The van der Waals surface area contributed by atoms with E-state index in [0.29, 0.717) is 16.6 Å². The van der Waals surface area contributed by atoms with Crippen LogP contribution in [0.4, 0.5) is 0 Å². The van der Waals surface area contributed by atoms with Gasteiger partial charge in [-0.3, -0.25) is 14.2 Å². The van der Waals surface area contributed by atoms with E-state index in [1.807, 2.05) is 55.5 Å². The largest absolute Gasteiger partial charge is 0.293 e. The standard InChI is InChI=1S/C29H29BrN2O2S2/c1-17-6-5-7-21(14-17)32-27(34)25-22-13-10-19(29(2,3)4)15-24(22)36-26(25)31-28(32)35-16-23(33)18-8-11-20(30)12-9-18/h5-9,11-12,14,19H,10,13,15-16H2,1-4H3. The molecule has 2 aromatic carbocycles. The van der Waals surface area contributed by atoms with Crippen LogP contribution in [-0.4, -0.2) is 21.1 Å². The van der Waals surface area contributed by atoms with Crippen LogP contribution in [0.1, 0.15) is 53.6 Å². The summed E-state index contributed by atoms with van der Waals surface area (Å²) < 4.78 is 2.64. The first-order chi connectivity index (χ1) is 17.1. The summed E-state index contributed by atoms with van der Waals surface area (Å²) in [6.07, 6.45) is 3.00. The topological polar surface area (TPSA) is 52.0 Å². The predicted molar refractivity (Wildman–Crippen MR) is 154 cm³/mol. The fraction of sp³-hybridized carbons (Fsp3) is 0.345. The third kappa shape index (κ3) is 4.98. The van der Waals surface area contributed by atoms with Crippen LogP contribution in [0.2, 0.25) is 0 Å². The van der Waals surface area contributed by atoms with Crippen LogP contribution in [0.15, 0.2) is 63.0 Å². The van der Waals surface area contributed by atoms with Gasteiger partial charge in [-0.05, 0) is 72.9 Å². The van der Waals surface area contributed by atoms with E-state index in [0.717, 1.165) is 45.2 Å². The molecule has 0 amide bonds. The van der Waals surface area contributed by atoms with E-state index in [1.54, 1.807) is 15.9 Å². The zero-order valence-electron chi connectivity index (χ0n) is 20.9. The summed E-state index contributed by atoms with van der Waals surface area (Å²) >= 11 is 6.41. The Kier molecular flexibility index (Phi) is 7.01. The van der Waals surface area contributed by atoms with Gasteiger partial charge in [0.1, 0.15) is 4.83 Å². The van der Waals surface area contributed by atoms with Gasteiger partial charge >= 0.3 is 0 Å². The zero-order valence-corrected chi connectivity index (χ0v) is 24.1. The van der Waals surface area contributed by atoms with E-state index < -0.39 is 0 Å². The molecular formula is C29H29BrN2O2S2. The Bertz CT molecular complexity index is 1510. The summed E-state index contributed by atoms with van der Waals surface area (Å²) in [6, 6.07) is 15.3. The number of aromatic nitrogens is 2. The Balaban J connectivity index is 1.59. The molecule has 0 N–H and O–H groups in total. The maximum atomic E-state index is 14.1. The maximum Gasteiger partial charge on any atom is 0.267 e. The fourth-order valence-electron chi connectivity index (χ4n) is 4.89. The molecule has 0 aliphatic heterocycles.